The fourth-order valence-electron chi connectivity index (χ4n) is 4.52. The highest BCUT2D eigenvalue weighted by Gasteiger charge is 2.32. The molecule has 2 fully saturated rings. The molecule has 146 valence electrons. The zero-order chi connectivity index (χ0) is 18.4. The van der Waals surface area contributed by atoms with Gasteiger partial charge < -0.3 is 10.2 Å². The summed E-state index contributed by atoms with van der Waals surface area (Å²) in [6, 6.07) is -0.0989. The summed E-state index contributed by atoms with van der Waals surface area (Å²) in [4.78, 5) is 29.3. The molecule has 0 saturated carbocycles. The van der Waals surface area contributed by atoms with Crippen LogP contribution in [0.1, 0.15) is 64.7 Å². The van der Waals surface area contributed by atoms with E-state index in [1.54, 1.807) is 0 Å². The second-order valence-corrected chi connectivity index (χ2v) is 8.17. The number of carbonyl (C=O) groups excluding carboxylic acids is 2. The van der Waals surface area contributed by atoms with Crippen LogP contribution in [0.5, 0.6) is 0 Å². The molecule has 1 atom stereocenters. The van der Waals surface area contributed by atoms with Crippen LogP contribution >= 0.6 is 0 Å². The third-order valence-corrected chi connectivity index (χ3v) is 6.35. The average molecular weight is 362 g/mol. The van der Waals surface area contributed by atoms with E-state index in [0.29, 0.717) is 5.91 Å². The largest absolute Gasteiger partial charge is 0.354 e. The Balaban J connectivity index is 1.37. The first-order valence-corrected chi connectivity index (χ1v) is 10.6. The van der Waals surface area contributed by atoms with Gasteiger partial charge in [-0.05, 0) is 77.8 Å². The first-order chi connectivity index (χ1) is 12.6. The molecule has 0 aromatic carbocycles. The first kappa shape index (κ1) is 19.4. The standard InChI is InChI=1S/C21H35N3O2/c1-17(20(25)22-12-9-18-7-3-2-4-8-18)23-15-10-19(11-16-23)21(26)24-13-5-6-14-24/h7,17,19H,2-6,8-16H2,1H3,(H,22,25). The Morgan fingerprint density at radius 1 is 1.12 bits per heavy atom. The normalized spacial score (nSPS) is 23.6. The Kier molecular flexibility index (Phi) is 7.12. The quantitative estimate of drug-likeness (QED) is 0.740. The SMILES string of the molecule is CC(C(=O)NCCC1=CCCCC1)N1CCC(C(=O)N2CCCC2)CC1. The van der Waals surface area contributed by atoms with Crippen molar-refractivity contribution in [3.05, 3.63) is 11.6 Å². The van der Waals surface area contributed by atoms with E-state index in [9.17, 15) is 9.59 Å². The van der Waals surface area contributed by atoms with Crippen molar-refractivity contribution in [2.45, 2.75) is 70.8 Å². The Labute approximate surface area is 158 Å². The Hall–Kier alpha value is -1.36. The maximum Gasteiger partial charge on any atom is 0.237 e. The monoisotopic (exact) mass is 361 g/mol. The molecule has 3 rings (SSSR count). The minimum Gasteiger partial charge on any atom is -0.354 e. The van der Waals surface area contributed by atoms with Crippen molar-refractivity contribution in [1.29, 1.82) is 0 Å². The van der Waals surface area contributed by atoms with Gasteiger partial charge in [0.25, 0.3) is 0 Å². The van der Waals surface area contributed by atoms with Gasteiger partial charge in [-0.25, -0.2) is 0 Å². The van der Waals surface area contributed by atoms with Gasteiger partial charge in [0.15, 0.2) is 0 Å². The van der Waals surface area contributed by atoms with Gasteiger partial charge in [0.1, 0.15) is 0 Å². The Morgan fingerprint density at radius 3 is 2.50 bits per heavy atom. The minimum atomic E-state index is -0.0989. The predicted molar refractivity (Wildman–Crippen MR) is 104 cm³/mol. The molecular weight excluding hydrogens is 326 g/mol. The molecule has 0 aromatic rings. The van der Waals surface area contributed by atoms with E-state index < -0.39 is 0 Å². The molecule has 2 amide bonds. The number of nitrogens with one attached hydrogen (secondary N) is 1. The fourth-order valence-corrected chi connectivity index (χ4v) is 4.52. The number of likely N-dealkylation sites (tertiary alicyclic amines) is 2. The van der Waals surface area contributed by atoms with E-state index >= 15 is 0 Å². The third-order valence-electron chi connectivity index (χ3n) is 6.35. The maximum atomic E-state index is 12.5. The molecule has 1 N–H and O–H groups in total. The lowest BCUT2D eigenvalue weighted by atomic mass is 9.94. The number of carbonyl (C=O) groups is 2. The van der Waals surface area contributed by atoms with E-state index in [4.69, 9.17) is 0 Å². The Bertz CT molecular complexity index is 517. The zero-order valence-corrected chi connectivity index (χ0v) is 16.3. The van der Waals surface area contributed by atoms with Crippen molar-refractivity contribution in [2.24, 2.45) is 5.92 Å². The van der Waals surface area contributed by atoms with Crippen LogP contribution in [0.25, 0.3) is 0 Å². The highest BCUT2D eigenvalue weighted by Crippen LogP contribution is 2.23. The van der Waals surface area contributed by atoms with Crippen LogP contribution in [0.2, 0.25) is 0 Å². The van der Waals surface area contributed by atoms with Crippen LogP contribution in [0.15, 0.2) is 11.6 Å². The molecule has 1 aliphatic carbocycles. The third kappa shape index (κ3) is 5.09. The molecule has 2 aliphatic heterocycles. The molecule has 3 aliphatic rings. The van der Waals surface area contributed by atoms with Gasteiger partial charge in [-0.2, -0.15) is 0 Å². The molecule has 0 aromatic heterocycles. The van der Waals surface area contributed by atoms with Gasteiger partial charge in [-0.1, -0.05) is 11.6 Å². The summed E-state index contributed by atoms with van der Waals surface area (Å²) < 4.78 is 0. The number of piperidine rings is 1. The van der Waals surface area contributed by atoms with E-state index in [2.05, 4.69) is 16.3 Å². The topological polar surface area (TPSA) is 52.7 Å². The van der Waals surface area contributed by atoms with Crippen molar-refractivity contribution in [3.63, 3.8) is 0 Å². The molecular formula is C21H35N3O2. The lowest BCUT2D eigenvalue weighted by Crippen LogP contribution is -2.50. The summed E-state index contributed by atoms with van der Waals surface area (Å²) in [5.74, 6) is 0.642. The predicted octanol–water partition coefficient (Wildman–Crippen LogP) is 2.72. The number of hydrogen-bond acceptors (Lipinski definition) is 3. The molecule has 26 heavy (non-hydrogen) atoms. The van der Waals surface area contributed by atoms with Crippen LogP contribution in [0.3, 0.4) is 0 Å². The number of hydrogen-bond donors (Lipinski definition) is 1. The number of allylic oxidation sites excluding steroid dienone is 1. The summed E-state index contributed by atoms with van der Waals surface area (Å²) >= 11 is 0. The molecule has 5 nitrogen and oxygen atoms in total. The van der Waals surface area contributed by atoms with Gasteiger partial charge in [0.2, 0.25) is 11.8 Å². The smallest absolute Gasteiger partial charge is 0.237 e. The van der Waals surface area contributed by atoms with E-state index in [1.807, 2.05) is 11.8 Å². The fraction of sp³-hybridized carbons (Fsp3) is 0.810. The minimum absolute atomic E-state index is 0.0989. The average Bonchev–Trinajstić information content (AvgIpc) is 3.22. The highest BCUT2D eigenvalue weighted by molar-refractivity contribution is 5.81. The van der Waals surface area contributed by atoms with Crippen LogP contribution < -0.4 is 5.32 Å². The molecule has 2 heterocycles. The van der Waals surface area contributed by atoms with Crippen molar-refractivity contribution < 1.29 is 9.59 Å². The highest BCUT2D eigenvalue weighted by atomic mass is 16.2. The van der Waals surface area contributed by atoms with E-state index in [0.717, 1.165) is 64.8 Å². The lowest BCUT2D eigenvalue weighted by Gasteiger charge is -2.36. The van der Waals surface area contributed by atoms with Gasteiger partial charge in [-0.15, -0.1) is 0 Å². The number of nitrogens with zero attached hydrogens (tertiary/aromatic N) is 2. The maximum absolute atomic E-state index is 12.5. The number of rotatable bonds is 6. The van der Waals surface area contributed by atoms with Gasteiger partial charge in [0.05, 0.1) is 6.04 Å². The summed E-state index contributed by atoms with van der Waals surface area (Å²) in [6.07, 6.45) is 12.4. The molecule has 0 radical (unpaired) electrons. The van der Waals surface area contributed by atoms with E-state index in [-0.39, 0.29) is 17.9 Å². The molecule has 2 saturated heterocycles. The summed E-state index contributed by atoms with van der Waals surface area (Å²) in [5.41, 5.74) is 1.51. The number of amides is 2. The van der Waals surface area contributed by atoms with Gasteiger partial charge >= 0.3 is 0 Å². The summed E-state index contributed by atoms with van der Waals surface area (Å²) in [7, 11) is 0. The molecule has 5 heteroatoms. The first-order valence-electron chi connectivity index (χ1n) is 10.6. The van der Waals surface area contributed by atoms with Gasteiger partial charge in [-0.3, -0.25) is 14.5 Å². The zero-order valence-electron chi connectivity index (χ0n) is 16.3. The summed E-state index contributed by atoms with van der Waals surface area (Å²) in [6.45, 7) is 6.33. The second-order valence-electron chi connectivity index (χ2n) is 8.17. The molecule has 1 unspecified atom stereocenters. The van der Waals surface area contributed by atoms with Crippen molar-refractivity contribution >= 4 is 11.8 Å². The Morgan fingerprint density at radius 2 is 1.85 bits per heavy atom. The molecule has 0 spiro atoms. The van der Waals surface area contributed by atoms with Crippen molar-refractivity contribution in [2.75, 3.05) is 32.7 Å². The second kappa shape index (κ2) is 9.54. The van der Waals surface area contributed by atoms with E-state index in [1.165, 1.54) is 31.3 Å². The summed E-state index contributed by atoms with van der Waals surface area (Å²) in [5, 5.41) is 3.11. The van der Waals surface area contributed by atoms with Crippen LogP contribution in [-0.4, -0.2) is 60.4 Å². The van der Waals surface area contributed by atoms with Crippen LogP contribution in [0.4, 0.5) is 0 Å². The lowest BCUT2D eigenvalue weighted by molar-refractivity contribution is -0.136. The van der Waals surface area contributed by atoms with Gasteiger partial charge in [0, 0.05) is 25.6 Å². The van der Waals surface area contributed by atoms with Crippen LogP contribution in [0, 0.1) is 5.92 Å². The molecule has 0 bridgehead atoms. The van der Waals surface area contributed by atoms with Crippen molar-refractivity contribution in [3.8, 4) is 0 Å². The van der Waals surface area contributed by atoms with Crippen LogP contribution in [-0.2, 0) is 9.59 Å². The van der Waals surface area contributed by atoms with Crippen molar-refractivity contribution in [1.82, 2.24) is 15.1 Å².